The second kappa shape index (κ2) is 11.5. The molecule has 2 fully saturated rings. The number of hydrogen-bond donors (Lipinski definition) is 0. The lowest BCUT2D eigenvalue weighted by molar-refractivity contribution is -0.135. The van der Waals surface area contributed by atoms with Crippen molar-refractivity contribution in [3.63, 3.8) is 0 Å². The van der Waals surface area contributed by atoms with Crippen molar-refractivity contribution < 1.29 is 9.59 Å². The molecule has 0 N–H and O–H groups in total. The molecule has 2 rings (SSSR count). The van der Waals surface area contributed by atoms with E-state index < -0.39 is 0 Å². The molecule has 0 spiro atoms. The maximum absolute atomic E-state index is 11.5. The molecule has 0 aliphatic carbocycles. The fraction of sp³-hybridized carbons (Fsp3) is 0.895. The van der Waals surface area contributed by atoms with Gasteiger partial charge in [0.25, 0.3) is 0 Å². The lowest BCUT2D eigenvalue weighted by Gasteiger charge is -2.39. The highest BCUT2D eigenvalue weighted by molar-refractivity contribution is 5.76. The van der Waals surface area contributed by atoms with Gasteiger partial charge in [-0.3, -0.25) is 14.5 Å². The summed E-state index contributed by atoms with van der Waals surface area (Å²) in [5.41, 5.74) is 0. The normalized spacial score (nSPS) is 22.4. The van der Waals surface area contributed by atoms with Crippen molar-refractivity contribution in [1.29, 1.82) is 0 Å². The summed E-state index contributed by atoms with van der Waals surface area (Å²) in [7, 11) is 0. The van der Waals surface area contributed by atoms with Crippen LogP contribution in [0.25, 0.3) is 0 Å². The maximum Gasteiger partial charge on any atom is 0.222 e. The molecule has 1 unspecified atom stereocenters. The van der Waals surface area contributed by atoms with E-state index in [0.29, 0.717) is 30.7 Å². The van der Waals surface area contributed by atoms with Crippen molar-refractivity contribution in [3.8, 4) is 0 Å². The van der Waals surface area contributed by atoms with Crippen LogP contribution in [-0.4, -0.2) is 96.4 Å². The molecular weight excluding hydrogens is 316 g/mol. The van der Waals surface area contributed by atoms with Crippen LogP contribution in [-0.2, 0) is 9.59 Å². The number of hydrogen-bond acceptors (Lipinski definition) is 4. The molecule has 0 aromatic heterocycles. The Kier molecular flexibility index (Phi) is 10.0. The molecule has 6 heteroatoms. The summed E-state index contributed by atoms with van der Waals surface area (Å²) >= 11 is 0. The minimum atomic E-state index is 0.295. The first-order chi connectivity index (χ1) is 12.0. The fourth-order valence-corrected chi connectivity index (χ4v) is 3.43. The Labute approximate surface area is 154 Å². The Morgan fingerprint density at radius 3 is 1.72 bits per heavy atom. The van der Waals surface area contributed by atoms with Gasteiger partial charge in [0, 0.05) is 64.7 Å². The molecule has 2 aliphatic heterocycles. The molecule has 0 aromatic rings. The summed E-state index contributed by atoms with van der Waals surface area (Å²) < 4.78 is 0. The number of piperazine rings is 2. The molecule has 0 saturated carbocycles. The Morgan fingerprint density at radius 2 is 1.28 bits per heavy atom. The minimum Gasteiger partial charge on any atom is -0.340 e. The summed E-state index contributed by atoms with van der Waals surface area (Å²) in [4.78, 5) is 31.5. The van der Waals surface area contributed by atoms with Gasteiger partial charge < -0.3 is 14.7 Å². The topological polar surface area (TPSA) is 47.1 Å². The van der Waals surface area contributed by atoms with Gasteiger partial charge in [-0.2, -0.15) is 0 Å². The van der Waals surface area contributed by atoms with Crippen LogP contribution in [0.2, 0.25) is 0 Å². The van der Waals surface area contributed by atoms with Crippen LogP contribution in [0.15, 0.2) is 0 Å². The van der Waals surface area contributed by atoms with Gasteiger partial charge in [0.15, 0.2) is 0 Å². The molecule has 0 bridgehead atoms. The van der Waals surface area contributed by atoms with Crippen molar-refractivity contribution in [3.05, 3.63) is 0 Å². The molecule has 6 nitrogen and oxygen atoms in total. The highest BCUT2D eigenvalue weighted by Gasteiger charge is 2.25. The van der Waals surface area contributed by atoms with Crippen molar-refractivity contribution in [2.24, 2.45) is 0 Å². The van der Waals surface area contributed by atoms with Gasteiger partial charge in [0.05, 0.1) is 0 Å². The van der Waals surface area contributed by atoms with Gasteiger partial charge in [-0.15, -0.1) is 0 Å². The quantitative estimate of drug-likeness (QED) is 0.768. The molecular formula is C19H38N4O2. The smallest absolute Gasteiger partial charge is 0.222 e. The minimum absolute atomic E-state index is 0.295. The van der Waals surface area contributed by atoms with Crippen molar-refractivity contribution in [2.45, 2.75) is 53.5 Å². The van der Waals surface area contributed by atoms with Gasteiger partial charge in [0.2, 0.25) is 11.8 Å². The van der Waals surface area contributed by atoms with Crippen LogP contribution >= 0.6 is 0 Å². The molecule has 25 heavy (non-hydrogen) atoms. The lowest BCUT2D eigenvalue weighted by atomic mass is 10.2. The monoisotopic (exact) mass is 354 g/mol. The molecule has 2 heterocycles. The largest absolute Gasteiger partial charge is 0.340 e. The Morgan fingerprint density at radius 1 is 0.760 bits per heavy atom. The summed E-state index contributed by atoms with van der Waals surface area (Å²) in [5, 5.41) is 0. The molecule has 1 atom stereocenters. The number of carbonyl (C=O) groups excluding carboxylic acids is 2. The second-order valence-electron chi connectivity index (χ2n) is 6.85. The van der Waals surface area contributed by atoms with Gasteiger partial charge >= 0.3 is 0 Å². The van der Waals surface area contributed by atoms with E-state index in [1.807, 2.05) is 23.6 Å². The van der Waals surface area contributed by atoms with E-state index in [1.54, 1.807) is 0 Å². The summed E-state index contributed by atoms with van der Waals surface area (Å²) in [6.45, 7) is 19.4. The van der Waals surface area contributed by atoms with Crippen LogP contribution in [0.1, 0.15) is 47.5 Å². The van der Waals surface area contributed by atoms with Crippen LogP contribution < -0.4 is 0 Å². The standard InChI is InChI=1S/C10H20N2O.C9H18N2O/c1-4-10(13)12-7-6-11(5-2)8-9(12)3;1-3-9(12)11-7-5-10(4-2)6-8-11/h9H,4-8H2,1-3H3;3-8H2,1-2H3. The van der Waals surface area contributed by atoms with E-state index in [1.165, 1.54) is 0 Å². The van der Waals surface area contributed by atoms with Crippen molar-refractivity contribution in [2.75, 3.05) is 58.9 Å². The van der Waals surface area contributed by atoms with Gasteiger partial charge in [0.1, 0.15) is 0 Å². The number of rotatable bonds is 4. The second-order valence-corrected chi connectivity index (χ2v) is 6.85. The third kappa shape index (κ3) is 6.94. The summed E-state index contributed by atoms with van der Waals surface area (Å²) in [6.07, 6.45) is 1.28. The van der Waals surface area contributed by atoms with E-state index in [0.717, 1.165) is 58.9 Å². The van der Waals surface area contributed by atoms with Gasteiger partial charge in [-0.05, 0) is 20.0 Å². The lowest BCUT2D eigenvalue weighted by Crippen LogP contribution is -2.53. The van der Waals surface area contributed by atoms with Crippen molar-refractivity contribution in [1.82, 2.24) is 19.6 Å². The maximum atomic E-state index is 11.5. The van der Waals surface area contributed by atoms with E-state index in [2.05, 4.69) is 30.6 Å². The van der Waals surface area contributed by atoms with Gasteiger partial charge in [-0.25, -0.2) is 0 Å². The number of likely N-dealkylation sites (N-methyl/N-ethyl adjacent to an activating group) is 2. The first kappa shape index (κ1) is 21.9. The predicted molar refractivity (Wildman–Crippen MR) is 103 cm³/mol. The van der Waals surface area contributed by atoms with Crippen LogP contribution in [0.5, 0.6) is 0 Å². The molecule has 2 aliphatic rings. The van der Waals surface area contributed by atoms with E-state index >= 15 is 0 Å². The average molecular weight is 355 g/mol. The first-order valence-corrected chi connectivity index (χ1v) is 9.98. The number of carbonyl (C=O) groups is 2. The summed E-state index contributed by atoms with van der Waals surface area (Å²) in [6, 6.07) is 0.390. The highest BCUT2D eigenvalue weighted by atomic mass is 16.2. The number of nitrogens with zero attached hydrogens (tertiary/aromatic N) is 4. The SMILES string of the molecule is CCC(=O)N1CCN(CC)CC1.CCC(=O)N1CCN(CC)CC1C. The third-order valence-electron chi connectivity index (χ3n) is 5.26. The fourth-order valence-electron chi connectivity index (χ4n) is 3.43. The van der Waals surface area contributed by atoms with Crippen LogP contribution in [0.3, 0.4) is 0 Å². The molecule has 2 saturated heterocycles. The zero-order valence-electron chi connectivity index (χ0n) is 17.0. The van der Waals surface area contributed by atoms with Crippen LogP contribution in [0.4, 0.5) is 0 Å². The van der Waals surface area contributed by atoms with E-state index in [-0.39, 0.29) is 0 Å². The molecule has 2 amide bonds. The first-order valence-electron chi connectivity index (χ1n) is 9.98. The van der Waals surface area contributed by atoms with E-state index in [4.69, 9.17) is 0 Å². The van der Waals surface area contributed by atoms with Gasteiger partial charge in [-0.1, -0.05) is 27.7 Å². The van der Waals surface area contributed by atoms with E-state index in [9.17, 15) is 9.59 Å². The zero-order chi connectivity index (χ0) is 18.8. The van der Waals surface area contributed by atoms with Crippen molar-refractivity contribution >= 4 is 11.8 Å². The van der Waals surface area contributed by atoms with Crippen LogP contribution in [0, 0.1) is 0 Å². The Hall–Kier alpha value is -1.14. The molecule has 0 radical (unpaired) electrons. The third-order valence-corrected chi connectivity index (χ3v) is 5.26. The summed E-state index contributed by atoms with van der Waals surface area (Å²) in [5.74, 6) is 0.592. The number of amides is 2. The Bertz CT molecular complexity index is 408. The molecule has 0 aromatic carbocycles. The Balaban J connectivity index is 0.000000251. The predicted octanol–water partition coefficient (Wildman–Crippen LogP) is 1.51. The average Bonchev–Trinajstić information content (AvgIpc) is 2.67. The highest BCUT2D eigenvalue weighted by Crippen LogP contribution is 2.10. The zero-order valence-corrected chi connectivity index (χ0v) is 17.0. The molecule has 146 valence electrons.